The van der Waals surface area contributed by atoms with E-state index in [1.807, 2.05) is 32.0 Å². The molecule has 0 aliphatic carbocycles. The summed E-state index contributed by atoms with van der Waals surface area (Å²) in [6.45, 7) is 4.02. The minimum atomic E-state index is -0.616. The fourth-order valence-corrected chi connectivity index (χ4v) is 3.08. The van der Waals surface area contributed by atoms with Gasteiger partial charge in [0.1, 0.15) is 6.04 Å². The number of benzene rings is 2. The average molecular weight is 363 g/mol. The highest BCUT2D eigenvalue weighted by Gasteiger charge is 2.40. The fraction of sp³-hybridized carbons (Fsp3) is 0.222. The van der Waals surface area contributed by atoms with Crippen LogP contribution in [-0.2, 0) is 9.59 Å². The zero-order valence-electron chi connectivity index (χ0n) is 13.3. The van der Waals surface area contributed by atoms with Crippen molar-refractivity contribution in [2.75, 3.05) is 10.2 Å². The molecule has 1 saturated heterocycles. The van der Waals surface area contributed by atoms with E-state index < -0.39 is 6.04 Å². The first-order chi connectivity index (χ1) is 11.4. The van der Waals surface area contributed by atoms with Crippen molar-refractivity contribution in [2.24, 2.45) is 0 Å². The van der Waals surface area contributed by atoms with Gasteiger partial charge in [0.25, 0.3) is 5.91 Å². The van der Waals surface area contributed by atoms with Crippen LogP contribution in [0.4, 0.5) is 11.4 Å². The molecule has 1 N–H and O–H groups in total. The molecule has 1 aliphatic rings. The molecule has 0 radical (unpaired) electrons. The molecule has 124 valence electrons. The lowest BCUT2D eigenvalue weighted by atomic mass is 10.1. The van der Waals surface area contributed by atoms with E-state index in [-0.39, 0.29) is 23.3 Å². The lowest BCUT2D eigenvalue weighted by molar-refractivity contribution is -0.121. The smallest absolute Gasteiger partial charge is 0.256 e. The Hall–Kier alpha value is -2.04. The average Bonchev–Trinajstić information content (AvgIpc) is 2.80. The molecule has 2 amide bonds. The zero-order valence-corrected chi connectivity index (χ0v) is 14.8. The highest BCUT2D eigenvalue weighted by atomic mass is 35.5. The van der Waals surface area contributed by atoms with Crippen molar-refractivity contribution in [3.05, 3.63) is 57.6 Å². The summed E-state index contributed by atoms with van der Waals surface area (Å²) < 4.78 is 0. The number of anilines is 2. The Morgan fingerprint density at radius 2 is 1.83 bits per heavy atom. The number of halogens is 2. The molecule has 0 spiro atoms. The number of hydrogen-bond acceptors (Lipinski definition) is 3. The first-order valence-corrected chi connectivity index (χ1v) is 8.28. The number of amides is 2. The normalized spacial score (nSPS) is 17.5. The third-order valence-electron chi connectivity index (χ3n) is 4.17. The van der Waals surface area contributed by atoms with Crippen LogP contribution in [0.3, 0.4) is 0 Å². The van der Waals surface area contributed by atoms with E-state index in [9.17, 15) is 9.59 Å². The van der Waals surface area contributed by atoms with Crippen molar-refractivity contribution in [1.82, 2.24) is 0 Å². The molecule has 1 heterocycles. The molecule has 0 bridgehead atoms. The highest BCUT2D eigenvalue weighted by Crippen LogP contribution is 2.35. The van der Waals surface area contributed by atoms with E-state index in [1.54, 1.807) is 18.2 Å². The van der Waals surface area contributed by atoms with E-state index in [2.05, 4.69) is 5.32 Å². The number of carbonyl (C=O) groups excluding carboxylic acids is 2. The molecule has 2 aromatic carbocycles. The predicted molar refractivity (Wildman–Crippen MR) is 96.9 cm³/mol. The van der Waals surface area contributed by atoms with E-state index in [0.717, 1.165) is 16.2 Å². The largest absolute Gasteiger partial charge is 0.373 e. The quantitative estimate of drug-likeness (QED) is 0.825. The third kappa shape index (κ3) is 2.99. The van der Waals surface area contributed by atoms with Crippen LogP contribution < -0.4 is 10.2 Å². The van der Waals surface area contributed by atoms with Gasteiger partial charge in [-0.15, -0.1) is 0 Å². The zero-order chi connectivity index (χ0) is 17.4. The van der Waals surface area contributed by atoms with Crippen molar-refractivity contribution < 1.29 is 9.59 Å². The SMILES string of the molecule is Cc1ccc(N[C@H]2CC(=O)N(c3cccc(Cl)c3Cl)C2=O)cc1C. The Morgan fingerprint density at radius 3 is 2.54 bits per heavy atom. The van der Waals surface area contributed by atoms with Crippen LogP contribution in [-0.4, -0.2) is 17.9 Å². The Bertz CT molecular complexity index is 836. The van der Waals surface area contributed by atoms with Gasteiger partial charge in [-0.05, 0) is 49.2 Å². The maximum atomic E-state index is 12.7. The van der Waals surface area contributed by atoms with E-state index in [1.165, 1.54) is 5.56 Å². The van der Waals surface area contributed by atoms with Gasteiger partial charge in [-0.1, -0.05) is 35.3 Å². The molecule has 3 rings (SSSR count). The fourth-order valence-electron chi connectivity index (χ4n) is 2.70. The molecule has 24 heavy (non-hydrogen) atoms. The number of nitrogens with zero attached hydrogens (tertiary/aromatic N) is 1. The second kappa shape index (κ2) is 6.46. The molecule has 1 fully saturated rings. The minimum Gasteiger partial charge on any atom is -0.373 e. The number of carbonyl (C=O) groups is 2. The van der Waals surface area contributed by atoms with Gasteiger partial charge in [-0.3, -0.25) is 9.59 Å². The molecular formula is C18H16Cl2N2O2. The van der Waals surface area contributed by atoms with Gasteiger partial charge in [0, 0.05) is 5.69 Å². The number of aryl methyl sites for hydroxylation is 2. The van der Waals surface area contributed by atoms with Crippen LogP contribution >= 0.6 is 23.2 Å². The van der Waals surface area contributed by atoms with Crippen molar-refractivity contribution in [2.45, 2.75) is 26.3 Å². The first-order valence-electron chi connectivity index (χ1n) is 7.53. The molecule has 2 aromatic rings. The van der Waals surface area contributed by atoms with Gasteiger partial charge in [0.15, 0.2) is 0 Å². The van der Waals surface area contributed by atoms with Crippen LogP contribution in [0.1, 0.15) is 17.5 Å². The summed E-state index contributed by atoms with van der Waals surface area (Å²) in [5.41, 5.74) is 3.42. The summed E-state index contributed by atoms with van der Waals surface area (Å²) >= 11 is 12.1. The van der Waals surface area contributed by atoms with Crippen LogP contribution in [0.25, 0.3) is 0 Å². The van der Waals surface area contributed by atoms with Gasteiger partial charge < -0.3 is 5.32 Å². The highest BCUT2D eigenvalue weighted by molar-refractivity contribution is 6.45. The monoisotopic (exact) mass is 362 g/mol. The summed E-state index contributed by atoms with van der Waals surface area (Å²) in [5.74, 6) is -0.632. The summed E-state index contributed by atoms with van der Waals surface area (Å²) in [5, 5.41) is 3.64. The predicted octanol–water partition coefficient (Wildman–Crippen LogP) is 4.35. The molecule has 1 aliphatic heterocycles. The lowest BCUT2D eigenvalue weighted by Crippen LogP contribution is -2.35. The molecule has 4 nitrogen and oxygen atoms in total. The topological polar surface area (TPSA) is 49.4 Å². The summed E-state index contributed by atoms with van der Waals surface area (Å²) in [6.07, 6.45) is 0.0780. The maximum absolute atomic E-state index is 12.7. The first kappa shape index (κ1) is 16.8. The van der Waals surface area contributed by atoms with E-state index in [4.69, 9.17) is 23.2 Å². The van der Waals surface area contributed by atoms with Crippen LogP contribution in [0, 0.1) is 13.8 Å². The van der Waals surface area contributed by atoms with Gasteiger partial charge in [0.05, 0.1) is 22.2 Å². The van der Waals surface area contributed by atoms with E-state index in [0.29, 0.717) is 10.7 Å². The molecule has 0 aromatic heterocycles. The van der Waals surface area contributed by atoms with Gasteiger partial charge >= 0.3 is 0 Å². The Morgan fingerprint density at radius 1 is 1.08 bits per heavy atom. The summed E-state index contributed by atoms with van der Waals surface area (Å²) in [6, 6.07) is 10.1. The van der Waals surface area contributed by atoms with Crippen molar-refractivity contribution in [3.8, 4) is 0 Å². The van der Waals surface area contributed by atoms with E-state index >= 15 is 0 Å². The number of nitrogens with one attached hydrogen (secondary N) is 1. The molecular weight excluding hydrogens is 347 g/mol. The van der Waals surface area contributed by atoms with Crippen molar-refractivity contribution in [1.29, 1.82) is 0 Å². The maximum Gasteiger partial charge on any atom is 0.256 e. The second-order valence-corrected chi connectivity index (χ2v) is 6.63. The Kier molecular flexibility index (Phi) is 4.52. The standard InChI is InChI=1S/C18H16Cl2N2O2/c1-10-6-7-12(8-11(10)2)21-14-9-16(23)22(18(14)24)15-5-3-4-13(19)17(15)20/h3-8,14,21H,9H2,1-2H3/t14-/m0/s1. The molecule has 0 saturated carbocycles. The second-order valence-electron chi connectivity index (χ2n) is 5.84. The minimum absolute atomic E-state index is 0.0780. The van der Waals surface area contributed by atoms with Crippen LogP contribution in [0.5, 0.6) is 0 Å². The van der Waals surface area contributed by atoms with Gasteiger partial charge in [-0.25, -0.2) is 4.90 Å². The number of imide groups is 1. The lowest BCUT2D eigenvalue weighted by Gasteiger charge is -2.18. The molecule has 1 atom stereocenters. The number of rotatable bonds is 3. The third-order valence-corrected chi connectivity index (χ3v) is 4.98. The summed E-state index contributed by atoms with van der Waals surface area (Å²) in [4.78, 5) is 26.1. The summed E-state index contributed by atoms with van der Waals surface area (Å²) in [7, 11) is 0. The number of hydrogen-bond donors (Lipinski definition) is 1. The van der Waals surface area contributed by atoms with Crippen molar-refractivity contribution >= 4 is 46.4 Å². The molecule has 6 heteroatoms. The van der Waals surface area contributed by atoms with Crippen molar-refractivity contribution in [3.63, 3.8) is 0 Å². The Balaban J connectivity index is 1.86. The van der Waals surface area contributed by atoms with Crippen LogP contribution in [0.2, 0.25) is 10.0 Å². The van der Waals surface area contributed by atoms with Gasteiger partial charge in [-0.2, -0.15) is 0 Å². The Labute approximate surface area is 150 Å². The van der Waals surface area contributed by atoms with Gasteiger partial charge in [0.2, 0.25) is 5.91 Å². The van der Waals surface area contributed by atoms with Crippen LogP contribution in [0.15, 0.2) is 36.4 Å². The molecule has 0 unspecified atom stereocenters.